The van der Waals surface area contributed by atoms with Gasteiger partial charge in [-0.05, 0) is 36.4 Å². The second-order valence-corrected chi connectivity index (χ2v) is 9.79. The van der Waals surface area contributed by atoms with Gasteiger partial charge in [0.05, 0.1) is 42.6 Å². The number of methoxy groups -OCH3 is 2. The summed E-state index contributed by atoms with van der Waals surface area (Å²) in [6, 6.07) is 13.7. The molecule has 0 radical (unpaired) electrons. The molecule has 0 aliphatic carbocycles. The van der Waals surface area contributed by atoms with E-state index in [1.807, 2.05) is 18.2 Å². The van der Waals surface area contributed by atoms with Crippen LogP contribution in [0.4, 0.5) is 0 Å². The third-order valence-corrected chi connectivity index (χ3v) is 7.77. The Kier molecular flexibility index (Phi) is 7.08. The zero-order valence-corrected chi connectivity index (χ0v) is 19.6. The smallest absolute Gasteiger partial charge is 0.261 e. The SMILES string of the molecule is COCCn1c(CN2CCN(S(=O)(=O)c3ccc(OC)cc3)CC2)nc2ccccc2c1=O. The summed E-state index contributed by atoms with van der Waals surface area (Å²) in [6.07, 6.45) is 0. The molecule has 1 fully saturated rings. The van der Waals surface area contributed by atoms with E-state index in [0.29, 0.717) is 68.4 Å². The van der Waals surface area contributed by atoms with E-state index in [0.717, 1.165) is 0 Å². The molecule has 2 heterocycles. The van der Waals surface area contributed by atoms with Crippen LogP contribution in [0, 0.1) is 0 Å². The number of para-hydroxylation sites is 1. The molecule has 9 nitrogen and oxygen atoms in total. The fourth-order valence-corrected chi connectivity index (χ4v) is 5.39. The van der Waals surface area contributed by atoms with Crippen LogP contribution in [0.2, 0.25) is 0 Å². The number of ether oxygens (including phenoxy) is 2. The van der Waals surface area contributed by atoms with Gasteiger partial charge in [0, 0.05) is 33.3 Å². The average molecular weight is 473 g/mol. The van der Waals surface area contributed by atoms with Crippen molar-refractivity contribution < 1.29 is 17.9 Å². The van der Waals surface area contributed by atoms with E-state index < -0.39 is 10.0 Å². The molecule has 3 aromatic rings. The predicted octanol–water partition coefficient (Wildman–Crippen LogP) is 1.56. The molecule has 0 bridgehead atoms. The minimum Gasteiger partial charge on any atom is -0.497 e. The summed E-state index contributed by atoms with van der Waals surface area (Å²) >= 11 is 0. The van der Waals surface area contributed by atoms with Crippen molar-refractivity contribution in [3.63, 3.8) is 0 Å². The van der Waals surface area contributed by atoms with Crippen LogP contribution in [0.1, 0.15) is 5.82 Å². The van der Waals surface area contributed by atoms with Crippen LogP contribution in [0.3, 0.4) is 0 Å². The molecular weight excluding hydrogens is 444 g/mol. The predicted molar refractivity (Wildman–Crippen MR) is 125 cm³/mol. The largest absolute Gasteiger partial charge is 0.497 e. The van der Waals surface area contributed by atoms with Gasteiger partial charge in [-0.15, -0.1) is 0 Å². The molecule has 0 N–H and O–H groups in total. The Morgan fingerprint density at radius 2 is 1.67 bits per heavy atom. The van der Waals surface area contributed by atoms with Crippen molar-refractivity contribution in [2.24, 2.45) is 0 Å². The van der Waals surface area contributed by atoms with Gasteiger partial charge in [-0.1, -0.05) is 12.1 Å². The van der Waals surface area contributed by atoms with Crippen molar-refractivity contribution in [1.29, 1.82) is 0 Å². The van der Waals surface area contributed by atoms with Crippen LogP contribution in [0.5, 0.6) is 5.75 Å². The van der Waals surface area contributed by atoms with E-state index in [1.165, 1.54) is 4.31 Å². The van der Waals surface area contributed by atoms with Gasteiger partial charge in [0.2, 0.25) is 10.0 Å². The zero-order valence-electron chi connectivity index (χ0n) is 18.8. The van der Waals surface area contributed by atoms with Crippen LogP contribution in [0.15, 0.2) is 58.2 Å². The quantitative estimate of drug-likeness (QED) is 0.491. The Labute approximate surface area is 193 Å². The van der Waals surface area contributed by atoms with Crippen LogP contribution in [-0.4, -0.2) is 74.2 Å². The summed E-state index contributed by atoms with van der Waals surface area (Å²) in [4.78, 5) is 20.1. The number of rotatable bonds is 8. The lowest BCUT2D eigenvalue weighted by Gasteiger charge is -2.34. The minimum atomic E-state index is -3.58. The number of benzene rings is 2. The Morgan fingerprint density at radius 1 is 0.970 bits per heavy atom. The Balaban J connectivity index is 1.50. The first-order valence-corrected chi connectivity index (χ1v) is 12.2. The molecule has 2 aromatic carbocycles. The fourth-order valence-electron chi connectivity index (χ4n) is 3.97. The number of hydrogen-bond acceptors (Lipinski definition) is 7. The van der Waals surface area contributed by atoms with Crippen molar-refractivity contribution in [3.8, 4) is 5.75 Å². The van der Waals surface area contributed by atoms with Crippen LogP contribution >= 0.6 is 0 Å². The van der Waals surface area contributed by atoms with Crippen LogP contribution in [-0.2, 0) is 27.8 Å². The van der Waals surface area contributed by atoms with E-state index in [9.17, 15) is 13.2 Å². The highest BCUT2D eigenvalue weighted by molar-refractivity contribution is 7.89. The third-order valence-electron chi connectivity index (χ3n) is 5.85. The summed E-state index contributed by atoms with van der Waals surface area (Å²) < 4.78 is 39.5. The molecule has 0 amide bonds. The van der Waals surface area contributed by atoms with Crippen molar-refractivity contribution in [3.05, 3.63) is 64.7 Å². The maximum Gasteiger partial charge on any atom is 0.261 e. The number of piperazine rings is 1. The number of sulfonamides is 1. The van der Waals surface area contributed by atoms with E-state index >= 15 is 0 Å². The normalized spacial score (nSPS) is 15.7. The van der Waals surface area contributed by atoms with Crippen molar-refractivity contribution in [2.75, 3.05) is 47.0 Å². The van der Waals surface area contributed by atoms with Gasteiger partial charge in [0.1, 0.15) is 11.6 Å². The summed E-state index contributed by atoms with van der Waals surface area (Å²) in [7, 11) is -0.433. The Hall–Kier alpha value is -2.79. The lowest BCUT2D eigenvalue weighted by atomic mass is 10.2. The Morgan fingerprint density at radius 3 is 2.33 bits per heavy atom. The standard InChI is InChI=1S/C23H28N4O5S/c1-31-16-15-27-22(24-21-6-4-3-5-20(21)23(27)28)17-25-11-13-26(14-12-25)33(29,30)19-9-7-18(32-2)8-10-19/h3-10H,11-17H2,1-2H3. The van der Waals surface area contributed by atoms with Gasteiger partial charge < -0.3 is 9.47 Å². The highest BCUT2D eigenvalue weighted by Gasteiger charge is 2.29. The molecule has 176 valence electrons. The van der Waals surface area contributed by atoms with E-state index in [2.05, 4.69) is 4.90 Å². The summed E-state index contributed by atoms with van der Waals surface area (Å²) in [5.41, 5.74) is 0.570. The molecule has 1 aliphatic heterocycles. The first-order chi connectivity index (χ1) is 15.9. The lowest BCUT2D eigenvalue weighted by molar-refractivity contribution is 0.166. The van der Waals surface area contributed by atoms with Crippen molar-refractivity contribution in [2.45, 2.75) is 18.0 Å². The van der Waals surface area contributed by atoms with Gasteiger partial charge in [-0.2, -0.15) is 4.31 Å². The van der Waals surface area contributed by atoms with E-state index in [4.69, 9.17) is 14.5 Å². The highest BCUT2D eigenvalue weighted by atomic mass is 32.2. The molecule has 0 spiro atoms. The molecule has 0 atom stereocenters. The fraction of sp³-hybridized carbons (Fsp3) is 0.391. The number of fused-ring (bicyclic) bond motifs is 1. The maximum atomic E-state index is 13.0. The monoisotopic (exact) mass is 472 g/mol. The highest BCUT2D eigenvalue weighted by Crippen LogP contribution is 2.21. The van der Waals surface area contributed by atoms with Crippen molar-refractivity contribution in [1.82, 2.24) is 18.8 Å². The van der Waals surface area contributed by atoms with Gasteiger partial charge >= 0.3 is 0 Å². The molecule has 1 aromatic heterocycles. The second-order valence-electron chi connectivity index (χ2n) is 7.85. The number of aromatic nitrogens is 2. The number of nitrogens with zero attached hydrogens (tertiary/aromatic N) is 4. The lowest BCUT2D eigenvalue weighted by Crippen LogP contribution is -2.48. The molecule has 0 unspecified atom stereocenters. The first-order valence-electron chi connectivity index (χ1n) is 10.8. The maximum absolute atomic E-state index is 13.0. The molecule has 10 heteroatoms. The average Bonchev–Trinajstić information content (AvgIpc) is 2.84. The van der Waals surface area contributed by atoms with Crippen LogP contribution in [0.25, 0.3) is 10.9 Å². The Bertz CT molecular complexity index is 1270. The molecule has 4 rings (SSSR count). The third kappa shape index (κ3) is 4.93. The first kappa shape index (κ1) is 23.4. The number of hydrogen-bond donors (Lipinski definition) is 0. The van der Waals surface area contributed by atoms with Gasteiger partial charge in [0.15, 0.2) is 0 Å². The minimum absolute atomic E-state index is 0.0895. The summed E-state index contributed by atoms with van der Waals surface area (Å²) in [6.45, 7) is 3.09. The topological polar surface area (TPSA) is 94.0 Å². The van der Waals surface area contributed by atoms with Gasteiger partial charge in [0.25, 0.3) is 5.56 Å². The molecule has 1 aliphatic rings. The van der Waals surface area contributed by atoms with Crippen molar-refractivity contribution >= 4 is 20.9 Å². The van der Waals surface area contributed by atoms with Gasteiger partial charge in [-0.25, -0.2) is 13.4 Å². The second kappa shape index (κ2) is 10.0. The van der Waals surface area contributed by atoms with E-state index in [-0.39, 0.29) is 10.5 Å². The summed E-state index contributed by atoms with van der Waals surface area (Å²) in [5, 5.41) is 0.577. The molecular formula is C23H28N4O5S. The zero-order chi connectivity index (χ0) is 23.4. The molecule has 1 saturated heterocycles. The van der Waals surface area contributed by atoms with Gasteiger partial charge in [-0.3, -0.25) is 14.3 Å². The van der Waals surface area contributed by atoms with E-state index in [1.54, 1.807) is 49.1 Å². The summed E-state index contributed by atoms with van der Waals surface area (Å²) in [5.74, 6) is 1.27. The molecule has 33 heavy (non-hydrogen) atoms. The molecule has 0 saturated carbocycles. The van der Waals surface area contributed by atoms with Crippen LogP contribution < -0.4 is 10.3 Å².